The lowest BCUT2D eigenvalue weighted by Gasteiger charge is -2.39. The molecule has 0 spiro atoms. The Morgan fingerprint density at radius 1 is 0.943 bits per heavy atom. The lowest BCUT2D eigenvalue weighted by molar-refractivity contribution is -0.173. The van der Waals surface area contributed by atoms with Crippen molar-refractivity contribution in [1.29, 1.82) is 0 Å². The summed E-state index contributed by atoms with van der Waals surface area (Å²) < 4.78 is 43.4. The molecule has 2 bridgehead atoms. The number of fused-ring (bicyclic) bond motifs is 1. The van der Waals surface area contributed by atoms with E-state index in [0.29, 0.717) is 37.9 Å². The van der Waals surface area contributed by atoms with Gasteiger partial charge in [-0.25, -0.2) is 4.79 Å². The Hall–Kier alpha value is -2.75. The highest BCUT2D eigenvalue weighted by molar-refractivity contribution is 7.87. The zero-order chi connectivity index (χ0) is 24.2. The molecular formula is C26H27NO7S. The zero-order valence-corrected chi connectivity index (χ0v) is 19.9. The standard InChI is InChI=1S/C26H27NO7S/c28-24(16-7-3-1-4-8-16)32-21-18-15-19-22(21)34-35(30,31)23(19)20(18)25(29)33-26(11-13-27-14-12-26)17-9-5-2-6-10-17/h1-10,18-23,27H,11-15H2. The van der Waals surface area contributed by atoms with Crippen molar-refractivity contribution in [1.82, 2.24) is 5.32 Å². The second-order valence-corrected chi connectivity index (χ2v) is 11.6. The van der Waals surface area contributed by atoms with E-state index in [4.69, 9.17) is 13.7 Å². The molecule has 0 aromatic heterocycles. The lowest BCUT2D eigenvalue weighted by Crippen LogP contribution is -2.49. The molecule has 35 heavy (non-hydrogen) atoms. The van der Waals surface area contributed by atoms with Gasteiger partial charge in [0.2, 0.25) is 0 Å². The quantitative estimate of drug-likeness (QED) is 0.496. The van der Waals surface area contributed by atoms with Crippen molar-refractivity contribution in [3.63, 3.8) is 0 Å². The Balaban J connectivity index is 1.30. The van der Waals surface area contributed by atoms with Gasteiger partial charge < -0.3 is 14.8 Å². The number of ether oxygens (including phenoxy) is 2. The van der Waals surface area contributed by atoms with Gasteiger partial charge in [-0.05, 0) is 37.2 Å². The van der Waals surface area contributed by atoms with Crippen LogP contribution in [0.2, 0.25) is 0 Å². The summed E-state index contributed by atoms with van der Waals surface area (Å²) in [4.78, 5) is 26.5. The maximum absolute atomic E-state index is 13.8. The monoisotopic (exact) mass is 497 g/mol. The number of carbonyl (C=O) groups is 2. The van der Waals surface area contributed by atoms with Gasteiger partial charge in [0.25, 0.3) is 10.1 Å². The third-order valence-electron chi connectivity index (χ3n) is 8.06. The molecule has 9 heteroatoms. The summed E-state index contributed by atoms with van der Waals surface area (Å²) in [6, 6.07) is 18.1. The first-order valence-corrected chi connectivity index (χ1v) is 13.5. The van der Waals surface area contributed by atoms with Gasteiger partial charge in [0.05, 0.1) is 11.5 Å². The SMILES string of the molecule is O=C(OC1C2CC3C1OS(=O)(=O)C3C2C(=O)OC1(c2ccccc2)CCNCC1)c1ccccc1. The van der Waals surface area contributed by atoms with Crippen molar-refractivity contribution in [2.24, 2.45) is 17.8 Å². The van der Waals surface area contributed by atoms with Crippen LogP contribution in [0.15, 0.2) is 60.7 Å². The predicted octanol–water partition coefficient (Wildman–Crippen LogP) is 2.40. The molecular weight excluding hydrogens is 470 g/mol. The molecule has 4 aliphatic rings. The van der Waals surface area contributed by atoms with E-state index < -0.39 is 62.9 Å². The fraction of sp³-hybridized carbons (Fsp3) is 0.462. The summed E-state index contributed by atoms with van der Waals surface area (Å²) in [5, 5.41) is 2.33. The van der Waals surface area contributed by atoms with E-state index in [1.807, 2.05) is 30.3 Å². The Morgan fingerprint density at radius 2 is 1.60 bits per heavy atom. The molecule has 2 aliphatic heterocycles. The Kier molecular flexibility index (Phi) is 5.47. The van der Waals surface area contributed by atoms with Gasteiger partial charge in [0.1, 0.15) is 23.1 Å². The summed E-state index contributed by atoms with van der Waals surface area (Å²) in [6.45, 7) is 1.37. The van der Waals surface area contributed by atoms with Gasteiger partial charge in [0.15, 0.2) is 0 Å². The molecule has 6 atom stereocenters. The molecule has 6 rings (SSSR count). The van der Waals surface area contributed by atoms with Crippen LogP contribution in [0.4, 0.5) is 0 Å². The van der Waals surface area contributed by atoms with Crippen LogP contribution >= 0.6 is 0 Å². The van der Waals surface area contributed by atoms with E-state index in [9.17, 15) is 18.0 Å². The van der Waals surface area contributed by atoms with Crippen LogP contribution < -0.4 is 5.32 Å². The number of esters is 2. The first-order valence-electron chi connectivity index (χ1n) is 12.1. The van der Waals surface area contributed by atoms with Crippen molar-refractivity contribution in [3.8, 4) is 0 Å². The Labute approximate surface area is 204 Å². The number of carbonyl (C=O) groups excluding carboxylic acids is 2. The second kappa shape index (κ2) is 8.43. The number of nitrogens with one attached hydrogen (secondary N) is 1. The van der Waals surface area contributed by atoms with Gasteiger partial charge in [0, 0.05) is 24.7 Å². The van der Waals surface area contributed by atoms with Gasteiger partial charge in [-0.15, -0.1) is 0 Å². The minimum atomic E-state index is -3.99. The van der Waals surface area contributed by atoms with Crippen LogP contribution in [0.5, 0.6) is 0 Å². The zero-order valence-electron chi connectivity index (χ0n) is 19.0. The molecule has 2 saturated heterocycles. The highest BCUT2D eigenvalue weighted by atomic mass is 32.2. The largest absolute Gasteiger partial charge is 0.456 e. The summed E-state index contributed by atoms with van der Waals surface area (Å²) in [5.74, 6) is -2.91. The topological polar surface area (TPSA) is 108 Å². The molecule has 2 aromatic rings. The summed E-state index contributed by atoms with van der Waals surface area (Å²) in [6.07, 6.45) is 0.0492. The van der Waals surface area contributed by atoms with Crippen molar-refractivity contribution < 1.29 is 31.7 Å². The van der Waals surface area contributed by atoms with Crippen molar-refractivity contribution in [3.05, 3.63) is 71.8 Å². The number of benzene rings is 2. The van der Waals surface area contributed by atoms with Crippen LogP contribution in [-0.2, 0) is 34.2 Å². The summed E-state index contributed by atoms with van der Waals surface area (Å²) in [7, 11) is -3.99. The van der Waals surface area contributed by atoms with Crippen LogP contribution in [0.25, 0.3) is 0 Å². The molecule has 4 fully saturated rings. The summed E-state index contributed by atoms with van der Waals surface area (Å²) >= 11 is 0. The average molecular weight is 498 g/mol. The number of rotatable bonds is 5. The molecule has 2 aromatic carbocycles. The Morgan fingerprint density at radius 3 is 2.29 bits per heavy atom. The highest BCUT2D eigenvalue weighted by Crippen LogP contribution is 2.59. The van der Waals surface area contributed by atoms with E-state index in [1.54, 1.807) is 30.3 Å². The molecule has 8 nitrogen and oxygen atoms in total. The number of hydrogen-bond acceptors (Lipinski definition) is 8. The van der Waals surface area contributed by atoms with Gasteiger partial charge in [-0.3, -0.25) is 8.98 Å². The van der Waals surface area contributed by atoms with Crippen LogP contribution in [0.3, 0.4) is 0 Å². The van der Waals surface area contributed by atoms with Crippen LogP contribution in [-0.4, -0.2) is 50.9 Å². The molecule has 2 aliphatic carbocycles. The predicted molar refractivity (Wildman–Crippen MR) is 125 cm³/mol. The second-order valence-electron chi connectivity index (χ2n) is 9.87. The lowest BCUT2D eigenvalue weighted by atomic mass is 9.82. The highest BCUT2D eigenvalue weighted by Gasteiger charge is 2.72. The van der Waals surface area contributed by atoms with Gasteiger partial charge in [-0.1, -0.05) is 48.5 Å². The normalized spacial score (nSPS) is 33.8. The molecule has 6 unspecified atom stereocenters. The minimum Gasteiger partial charge on any atom is -0.456 e. The van der Waals surface area contributed by atoms with Gasteiger partial charge in [-0.2, -0.15) is 8.42 Å². The molecule has 2 heterocycles. The van der Waals surface area contributed by atoms with E-state index in [2.05, 4.69) is 5.32 Å². The molecule has 0 amide bonds. The molecule has 184 valence electrons. The first-order chi connectivity index (χ1) is 16.9. The maximum Gasteiger partial charge on any atom is 0.338 e. The third kappa shape index (κ3) is 3.68. The summed E-state index contributed by atoms with van der Waals surface area (Å²) in [5.41, 5.74) is 0.433. The van der Waals surface area contributed by atoms with E-state index in [1.165, 1.54) is 0 Å². The smallest absolute Gasteiger partial charge is 0.338 e. The van der Waals surface area contributed by atoms with Crippen molar-refractivity contribution in [2.75, 3.05) is 13.1 Å². The third-order valence-corrected chi connectivity index (χ3v) is 9.86. The fourth-order valence-corrected chi connectivity index (χ4v) is 8.56. The molecule has 0 radical (unpaired) electrons. The van der Waals surface area contributed by atoms with Crippen molar-refractivity contribution >= 4 is 22.1 Å². The van der Waals surface area contributed by atoms with E-state index >= 15 is 0 Å². The number of piperidine rings is 1. The van der Waals surface area contributed by atoms with Crippen molar-refractivity contribution in [2.45, 2.75) is 42.3 Å². The average Bonchev–Trinajstić information content (AvgIpc) is 3.48. The van der Waals surface area contributed by atoms with Gasteiger partial charge >= 0.3 is 11.9 Å². The molecule has 2 saturated carbocycles. The van der Waals surface area contributed by atoms with Crippen LogP contribution in [0, 0.1) is 17.8 Å². The number of hydrogen-bond donors (Lipinski definition) is 1. The van der Waals surface area contributed by atoms with E-state index in [-0.39, 0.29) is 0 Å². The fourth-order valence-electron chi connectivity index (χ4n) is 6.50. The Bertz CT molecular complexity index is 1230. The minimum absolute atomic E-state index is 0.365. The molecule has 1 N–H and O–H groups in total. The van der Waals surface area contributed by atoms with E-state index in [0.717, 1.165) is 5.56 Å². The maximum atomic E-state index is 13.8. The van der Waals surface area contributed by atoms with Crippen LogP contribution in [0.1, 0.15) is 35.2 Å². The first kappa shape index (κ1) is 22.7.